The first-order valence-corrected chi connectivity index (χ1v) is 11.9. The van der Waals surface area contributed by atoms with Crippen LogP contribution >= 0.6 is 11.6 Å². The molecule has 2 heterocycles. The SMILES string of the molecule is NC(=O)c1ocnc1C(=O)N(CCN1CCCCC1)c1ccc(NC(=O)c2ccc(F)cc2Cl)cc1. The van der Waals surface area contributed by atoms with Crippen molar-refractivity contribution in [2.45, 2.75) is 19.3 Å². The third-order valence-electron chi connectivity index (χ3n) is 5.94. The van der Waals surface area contributed by atoms with Gasteiger partial charge in [0.2, 0.25) is 5.76 Å². The van der Waals surface area contributed by atoms with Crippen molar-refractivity contribution in [2.24, 2.45) is 5.73 Å². The molecule has 0 aliphatic carbocycles. The van der Waals surface area contributed by atoms with Gasteiger partial charge in [-0.3, -0.25) is 14.4 Å². The largest absolute Gasteiger partial charge is 0.437 e. The van der Waals surface area contributed by atoms with Crippen LogP contribution in [0.1, 0.15) is 50.7 Å². The number of aromatic nitrogens is 1. The van der Waals surface area contributed by atoms with Crippen molar-refractivity contribution < 1.29 is 23.2 Å². The van der Waals surface area contributed by atoms with Crippen molar-refractivity contribution >= 4 is 40.7 Å². The number of likely N-dealkylation sites (tertiary alicyclic amines) is 1. The summed E-state index contributed by atoms with van der Waals surface area (Å²) in [4.78, 5) is 45.3. The fraction of sp³-hybridized carbons (Fsp3) is 0.280. The van der Waals surface area contributed by atoms with Gasteiger partial charge in [0.1, 0.15) is 5.82 Å². The van der Waals surface area contributed by atoms with Crippen LogP contribution < -0.4 is 16.0 Å². The van der Waals surface area contributed by atoms with Gasteiger partial charge in [-0.25, -0.2) is 9.37 Å². The van der Waals surface area contributed by atoms with Crippen LogP contribution in [0.4, 0.5) is 15.8 Å². The van der Waals surface area contributed by atoms with E-state index in [2.05, 4.69) is 15.2 Å². The molecule has 1 fully saturated rings. The number of hydrogen-bond donors (Lipinski definition) is 2. The van der Waals surface area contributed by atoms with E-state index in [0.717, 1.165) is 44.5 Å². The maximum Gasteiger partial charge on any atom is 0.287 e. The summed E-state index contributed by atoms with van der Waals surface area (Å²) in [5, 5.41) is 2.70. The summed E-state index contributed by atoms with van der Waals surface area (Å²) >= 11 is 5.98. The summed E-state index contributed by atoms with van der Waals surface area (Å²) in [6, 6.07) is 10.1. The quantitative estimate of drug-likeness (QED) is 0.470. The van der Waals surface area contributed by atoms with Crippen molar-refractivity contribution in [3.05, 3.63) is 76.7 Å². The maximum atomic E-state index is 13.4. The lowest BCUT2D eigenvalue weighted by Crippen LogP contribution is -2.41. The highest BCUT2D eigenvalue weighted by atomic mass is 35.5. The Morgan fingerprint density at radius 3 is 2.50 bits per heavy atom. The molecule has 1 aliphatic heterocycles. The number of oxazole rings is 1. The highest BCUT2D eigenvalue weighted by Gasteiger charge is 2.27. The first kappa shape index (κ1) is 25.3. The van der Waals surface area contributed by atoms with Gasteiger partial charge in [0.25, 0.3) is 17.7 Å². The number of rotatable bonds is 8. The topological polar surface area (TPSA) is 122 Å². The molecule has 0 unspecified atom stereocenters. The molecule has 4 rings (SSSR count). The molecule has 0 bridgehead atoms. The number of hydrogen-bond acceptors (Lipinski definition) is 6. The van der Waals surface area contributed by atoms with Crippen molar-refractivity contribution in [1.82, 2.24) is 9.88 Å². The molecule has 0 spiro atoms. The molecule has 2 aromatic carbocycles. The van der Waals surface area contributed by atoms with Crippen molar-refractivity contribution in [2.75, 3.05) is 36.4 Å². The Balaban J connectivity index is 1.54. The second-order valence-electron chi connectivity index (χ2n) is 8.38. The zero-order valence-electron chi connectivity index (χ0n) is 19.4. The molecule has 0 atom stereocenters. The van der Waals surface area contributed by atoms with Gasteiger partial charge in [-0.05, 0) is 68.4 Å². The smallest absolute Gasteiger partial charge is 0.287 e. The number of primary amides is 1. The summed E-state index contributed by atoms with van der Waals surface area (Å²) in [5.41, 5.74) is 6.29. The third-order valence-corrected chi connectivity index (χ3v) is 6.25. The number of nitrogens with zero attached hydrogens (tertiary/aromatic N) is 3. The average molecular weight is 514 g/mol. The Hall–Kier alpha value is -3.76. The molecule has 3 N–H and O–H groups in total. The van der Waals surface area contributed by atoms with Crippen LogP contribution in [0.25, 0.3) is 0 Å². The molecule has 1 saturated heterocycles. The van der Waals surface area contributed by atoms with Gasteiger partial charge < -0.3 is 25.3 Å². The zero-order valence-corrected chi connectivity index (χ0v) is 20.1. The molecule has 11 heteroatoms. The summed E-state index contributed by atoms with van der Waals surface area (Å²) in [6.45, 7) is 2.89. The fourth-order valence-electron chi connectivity index (χ4n) is 4.07. The number of carbonyl (C=O) groups is 3. The number of benzene rings is 2. The molecule has 3 amide bonds. The molecular formula is C25H25ClFN5O4. The first-order valence-electron chi connectivity index (χ1n) is 11.5. The molecule has 0 saturated carbocycles. The van der Waals surface area contributed by atoms with E-state index in [-0.39, 0.29) is 22.0 Å². The van der Waals surface area contributed by atoms with E-state index in [1.54, 1.807) is 24.3 Å². The van der Waals surface area contributed by atoms with E-state index in [4.69, 9.17) is 21.8 Å². The first-order chi connectivity index (χ1) is 17.3. The minimum absolute atomic E-state index is 0.00327. The van der Waals surface area contributed by atoms with Gasteiger partial charge in [0, 0.05) is 24.5 Å². The highest BCUT2D eigenvalue weighted by Crippen LogP contribution is 2.23. The lowest BCUT2D eigenvalue weighted by molar-refractivity contribution is 0.0938. The molecule has 1 aromatic heterocycles. The van der Waals surface area contributed by atoms with Crippen LogP contribution in [0.2, 0.25) is 5.02 Å². The number of carbonyl (C=O) groups excluding carboxylic acids is 3. The summed E-state index contributed by atoms with van der Waals surface area (Å²) < 4.78 is 18.3. The highest BCUT2D eigenvalue weighted by molar-refractivity contribution is 6.34. The molecule has 1 aliphatic rings. The molecule has 9 nitrogen and oxygen atoms in total. The van der Waals surface area contributed by atoms with Crippen LogP contribution in [0.5, 0.6) is 0 Å². The Morgan fingerprint density at radius 1 is 1.11 bits per heavy atom. The minimum atomic E-state index is -0.885. The Bertz CT molecular complexity index is 1260. The van der Waals surface area contributed by atoms with Crippen LogP contribution in [-0.2, 0) is 0 Å². The van der Waals surface area contributed by atoms with Gasteiger partial charge in [0.15, 0.2) is 12.1 Å². The van der Waals surface area contributed by atoms with E-state index < -0.39 is 23.5 Å². The monoisotopic (exact) mass is 513 g/mol. The molecular weight excluding hydrogens is 489 g/mol. The van der Waals surface area contributed by atoms with Gasteiger partial charge >= 0.3 is 0 Å². The van der Waals surface area contributed by atoms with Crippen molar-refractivity contribution in [3.63, 3.8) is 0 Å². The van der Waals surface area contributed by atoms with Crippen LogP contribution in [0.3, 0.4) is 0 Å². The summed E-state index contributed by atoms with van der Waals surface area (Å²) in [6.07, 6.45) is 4.41. The van der Waals surface area contributed by atoms with Gasteiger partial charge in [-0.15, -0.1) is 0 Å². The van der Waals surface area contributed by atoms with Crippen LogP contribution in [0, 0.1) is 5.82 Å². The van der Waals surface area contributed by atoms with E-state index in [0.29, 0.717) is 24.5 Å². The summed E-state index contributed by atoms with van der Waals surface area (Å²) in [7, 11) is 0. The second kappa shape index (κ2) is 11.3. The number of piperidine rings is 1. The minimum Gasteiger partial charge on any atom is -0.437 e. The lowest BCUT2D eigenvalue weighted by atomic mass is 10.1. The zero-order chi connectivity index (χ0) is 25.7. The second-order valence-corrected chi connectivity index (χ2v) is 8.79. The predicted octanol–water partition coefficient (Wildman–Crippen LogP) is 3.95. The van der Waals surface area contributed by atoms with E-state index >= 15 is 0 Å². The van der Waals surface area contributed by atoms with E-state index in [9.17, 15) is 18.8 Å². The predicted molar refractivity (Wildman–Crippen MR) is 133 cm³/mol. The van der Waals surface area contributed by atoms with Gasteiger partial charge in [0.05, 0.1) is 10.6 Å². The van der Waals surface area contributed by atoms with Crippen LogP contribution in [-0.4, -0.2) is 53.8 Å². The van der Waals surface area contributed by atoms with Crippen molar-refractivity contribution in [1.29, 1.82) is 0 Å². The number of nitrogens with one attached hydrogen (secondary N) is 1. The number of amides is 3. The maximum absolute atomic E-state index is 13.4. The van der Waals surface area contributed by atoms with Crippen molar-refractivity contribution in [3.8, 4) is 0 Å². The fourth-order valence-corrected chi connectivity index (χ4v) is 4.32. The van der Waals surface area contributed by atoms with Gasteiger partial charge in [-0.2, -0.15) is 0 Å². The average Bonchev–Trinajstić information content (AvgIpc) is 3.36. The summed E-state index contributed by atoms with van der Waals surface area (Å²) in [5.74, 6) is -2.75. The third kappa shape index (κ3) is 5.89. The molecule has 0 radical (unpaired) electrons. The Morgan fingerprint density at radius 2 is 1.83 bits per heavy atom. The number of anilines is 2. The lowest BCUT2D eigenvalue weighted by Gasteiger charge is -2.30. The molecule has 3 aromatic rings. The van der Waals surface area contributed by atoms with E-state index in [1.807, 2.05) is 0 Å². The standard InChI is InChI=1S/C25H25ClFN5O4/c26-20-14-16(27)4-9-19(20)24(34)30-17-5-7-18(8-6-17)32(13-12-31-10-2-1-3-11-31)25(35)21-22(23(28)33)36-15-29-21/h4-9,14-15H,1-3,10-13H2,(H2,28,33)(H,30,34). The van der Waals surface area contributed by atoms with E-state index in [1.165, 1.54) is 17.4 Å². The number of halogens is 2. The Kier molecular flexibility index (Phi) is 7.97. The van der Waals surface area contributed by atoms with Gasteiger partial charge in [-0.1, -0.05) is 18.0 Å². The molecule has 36 heavy (non-hydrogen) atoms. The molecule has 188 valence electrons. The number of nitrogens with two attached hydrogens (primary N) is 1. The normalized spacial score (nSPS) is 13.8. The van der Waals surface area contributed by atoms with Crippen LogP contribution in [0.15, 0.2) is 53.3 Å². The Labute approximate surface area is 212 Å².